The molecule has 0 amide bonds. The number of sulfonamides is 1. The molecule has 4 rings (SSSR count). The van der Waals surface area contributed by atoms with E-state index in [1.807, 2.05) is 12.1 Å². The third-order valence-electron chi connectivity index (χ3n) is 7.10. The summed E-state index contributed by atoms with van der Waals surface area (Å²) in [6, 6.07) is 18.6. The van der Waals surface area contributed by atoms with Crippen LogP contribution in [0.5, 0.6) is 0 Å². The number of benzene rings is 3. The Balaban J connectivity index is 1.50. The van der Waals surface area contributed by atoms with E-state index >= 15 is 0 Å². The molecule has 1 unspecified atom stereocenters. The highest BCUT2D eigenvalue weighted by atomic mass is 32.2. The average Bonchev–Trinajstić information content (AvgIpc) is 2.87. The van der Waals surface area contributed by atoms with Gasteiger partial charge in [-0.25, -0.2) is 17.2 Å². The molecule has 1 aliphatic heterocycles. The van der Waals surface area contributed by atoms with Crippen LogP contribution in [0.4, 0.5) is 14.5 Å². The van der Waals surface area contributed by atoms with E-state index in [1.165, 1.54) is 18.2 Å². The SMILES string of the molecule is CS(=O)(=O)Nc1cccc(CN(CCCC(=O)O)CCN2Cc3ccc(F)cc3CC2Cc2ccc(F)cc2)c1. The number of hydrogen-bond acceptors (Lipinski definition) is 5. The van der Waals surface area contributed by atoms with Gasteiger partial charge < -0.3 is 5.11 Å². The number of carboxylic acids is 1. The van der Waals surface area contributed by atoms with Gasteiger partial charge in [0, 0.05) is 44.3 Å². The standard InChI is InChI=1S/C30H35F2N3O4S/c1-40(38,39)33-28-5-2-4-23(16-28)20-34(13-3-6-30(36)37)14-15-35-21-24-9-12-27(32)18-25(24)19-29(35)17-22-7-10-26(31)11-8-22/h2,4-5,7-12,16,18,29,33H,3,6,13-15,17,19-21H2,1H3,(H,36,37). The minimum absolute atomic E-state index is 0.0576. The van der Waals surface area contributed by atoms with Gasteiger partial charge in [0.2, 0.25) is 10.0 Å². The van der Waals surface area contributed by atoms with E-state index in [4.69, 9.17) is 5.11 Å². The molecule has 7 nitrogen and oxygen atoms in total. The van der Waals surface area contributed by atoms with Crippen LogP contribution >= 0.6 is 0 Å². The number of hydrogen-bond donors (Lipinski definition) is 2. The summed E-state index contributed by atoms with van der Waals surface area (Å²) in [5.74, 6) is -1.40. The van der Waals surface area contributed by atoms with Crippen LogP contribution in [-0.4, -0.2) is 61.2 Å². The Bertz CT molecular complexity index is 1420. The molecule has 0 saturated heterocycles. The molecule has 2 N–H and O–H groups in total. The molecule has 0 bridgehead atoms. The normalized spacial score (nSPS) is 15.7. The molecule has 3 aromatic rings. The van der Waals surface area contributed by atoms with Crippen LogP contribution in [0.2, 0.25) is 0 Å². The molecule has 0 spiro atoms. The first-order chi connectivity index (χ1) is 19.0. The molecule has 0 fully saturated rings. The van der Waals surface area contributed by atoms with Crippen LogP contribution in [-0.2, 0) is 40.7 Å². The summed E-state index contributed by atoms with van der Waals surface area (Å²) in [6.07, 6.45) is 3.00. The van der Waals surface area contributed by atoms with E-state index < -0.39 is 16.0 Å². The zero-order valence-electron chi connectivity index (χ0n) is 22.5. The number of rotatable bonds is 13. The maximum absolute atomic E-state index is 14.0. The maximum atomic E-state index is 14.0. The summed E-state index contributed by atoms with van der Waals surface area (Å²) in [4.78, 5) is 15.7. The van der Waals surface area contributed by atoms with Crippen LogP contribution in [0.15, 0.2) is 66.7 Å². The Morgan fingerprint density at radius 1 is 1.00 bits per heavy atom. The van der Waals surface area contributed by atoms with Crippen molar-refractivity contribution in [1.82, 2.24) is 9.80 Å². The molecule has 0 aromatic heterocycles. The van der Waals surface area contributed by atoms with Crippen LogP contribution in [0, 0.1) is 11.6 Å². The number of aliphatic carboxylic acids is 1. The van der Waals surface area contributed by atoms with Gasteiger partial charge in [-0.2, -0.15) is 0 Å². The van der Waals surface area contributed by atoms with Crippen LogP contribution < -0.4 is 4.72 Å². The zero-order chi connectivity index (χ0) is 28.7. The Kier molecular flexibility index (Phi) is 9.89. The number of nitrogens with zero attached hydrogens (tertiary/aromatic N) is 2. The largest absolute Gasteiger partial charge is 0.481 e. The monoisotopic (exact) mass is 571 g/mol. The van der Waals surface area contributed by atoms with Crippen molar-refractivity contribution in [3.8, 4) is 0 Å². The minimum atomic E-state index is -3.41. The lowest BCUT2D eigenvalue weighted by atomic mass is 9.90. The smallest absolute Gasteiger partial charge is 0.303 e. The highest BCUT2D eigenvalue weighted by Gasteiger charge is 2.27. The van der Waals surface area contributed by atoms with Crippen molar-refractivity contribution in [3.05, 3.63) is 101 Å². The first-order valence-electron chi connectivity index (χ1n) is 13.3. The Hall–Kier alpha value is -3.34. The molecule has 214 valence electrons. The highest BCUT2D eigenvalue weighted by molar-refractivity contribution is 7.92. The molecule has 3 aromatic carbocycles. The van der Waals surface area contributed by atoms with E-state index in [-0.39, 0.29) is 24.1 Å². The lowest BCUT2D eigenvalue weighted by Crippen LogP contribution is -2.45. The molecular weight excluding hydrogens is 536 g/mol. The van der Waals surface area contributed by atoms with E-state index in [9.17, 15) is 22.0 Å². The Morgan fingerprint density at radius 2 is 1.75 bits per heavy atom. The summed E-state index contributed by atoms with van der Waals surface area (Å²) in [5, 5.41) is 9.16. The molecule has 10 heteroatoms. The second-order valence-electron chi connectivity index (χ2n) is 10.4. The first kappa shape index (κ1) is 29.6. The fraction of sp³-hybridized carbons (Fsp3) is 0.367. The molecule has 1 atom stereocenters. The van der Waals surface area contributed by atoms with Gasteiger partial charge in [0.15, 0.2) is 0 Å². The Morgan fingerprint density at radius 3 is 2.48 bits per heavy atom. The van der Waals surface area contributed by atoms with E-state index in [0.29, 0.717) is 57.7 Å². The van der Waals surface area contributed by atoms with Gasteiger partial charge in [-0.3, -0.25) is 19.3 Å². The molecule has 1 heterocycles. The van der Waals surface area contributed by atoms with Crippen molar-refractivity contribution in [2.24, 2.45) is 0 Å². The maximum Gasteiger partial charge on any atom is 0.303 e. The third-order valence-corrected chi connectivity index (χ3v) is 7.71. The van der Waals surface area contributed by atoms with Gasteiger partial charge >= 0.3 is 5.97 Å². The van der Waals surface area contributed by atoms with E-state index in [2.05, 4.69) is 14.5 Å². The molecule has 0 radical (unpaired) electrons. The lowest BCUT2D eigenvalue weighted by molar-refractivity contribution is -0.137. The number of carboxylic acid groups (broad SMARTS) is 1. The van der Waals surface area contributed by atoms with Gasteiger partial charge in [0.25, 0.3) is 0 Å². The first-order valence-corrected chi connectivity index (χ1v) is 15.2. The average molecular weight is 572 g/mol. The van der Waals surface area contributed by atoms with Gasteiger partial charge in [0.1, 0.15) is 11.6 Å². The van der Waals surface area contributed by atoms with Crippen molar-refractivity contribution < 1.29 is 27.1 Å². The summed E-state index contributed by atoms with van der Waals surface area (Å²) in [7, 11) is -3.41. The highest BCUT2D eigenvalue weighted by Crippen LogP contribution is 2.27. The molecule has 0 aliphatic carbocycles. The minimum Gasteiger partial charge on any atom is -0.481 e. The quantitative estimate of drug-likeness (QED) is 0.310. The fourth-order valence-corrected chi connectivity index (χ4v) is 5.78. The summed E-state index contributed by atoms with van der Waals surface area (Å²) in [6.45, 7) is 3.08. The van der Waals surface area contributed by atoms with Crippen molar-refractivity contribution in [2.75, 3.05) is 30.6 Å². The van der Waals surface area contributed by atoms with E-state index in [1.54, 1.807) is 36.4 Å². The predicted molar refractivity (Wildman–Crippen MR) is 151 cm³/mol. The molecular formula is C30H35F2N3O4S. The van der Waals surface area contributed by atoms with Crippen molar-refractivity contribution in [2.45, 2.75) is 44.8 Å². The van der Waals surface area contributed by atoms with Crippen molar-refractivity contribution in [1.29, 1.82) is 0 Å². The summed E-state index contributed by atoms with van der Waals surface area (Å²) < 4.78 is 53.4. The Labute approximate surface area is 234 Å². The van der Waals surface area contributed by atoms with Crippen LogP contribution in [0.25, 0.3) is 0 Å². The fourth-order valence-electron chi connectivity index (χ4n) is 5.22. The zero-order valence-corrected chi connectivity index (χ0v) is 23.3. The van der Waals surface area contributed by atoms with Gasteiger partial charge in [-0.1, -0.05) is 30.3 Å². The molecule has 1 aliphatic rings. The number of nitrogens with one attached hydrogen (secondary N) is 1. The number of anilines is 1. The molecule has 40 heavy (non-hydrogen) atoms. The second kappa shape index (κ2) is 13.3. The van der Waals surface area contributed by atoms with Crippen LogP contribution in [0.1, 0.15) is 35.1 Å². The lowest BCUT2D eigenvalue weighted by Gasteiger charge is -2.38. The third kappa shape index (κ3) is 9.11. The van der Waals surface area contributed by atoms with Crippen LogP contribution in [0.3, 0.4) is 0 Å². The topological polar surface area (TPSA) is 90.0 Å². The van der Waals surface area contributed by atoms with Gasteiger partial charge in [-0.15, -0.1) is 0 Å². The molecule has 0 saturated carbocycles. The van der Waals surface area contributed by atoms with Gasteiger partial charge in [-0.05, 0) is 84.5 Å². The number of fused-ring (bicyclic) bond motifs is 1. The van der Waals surface area contributed by atoms with Crippen molar-refractivity contribution >= 4 is 21.7 Å². The summed E-state index contributed by atoms with van der Waals surface area (Å²) in [5.41, 5.74) is 4.45. The van der Waals surface area contributed by atoms with Gasteiger partial charge in [0.05, 0.1) is 6.26 Å². The summed E-state index contributed by atoms with van der Waals surface area (Å²) >= 11 is 0. The predicted octanol–water partition coefficient (Wildman–Crippen LogP) is 4.67. The number of halogens is 2. The van der Waals surface area contributed by atoms with Crippen molar-refractivity contribution in [3.63, 3.8) is 0 Å². The van der Waals surface area contributed by atoms with E-state index in [0.717, 1.165) is 28.5 Å². The number of carbonyl (C=O) groups is 1. The second-order valence-corrected chi connectivity index (χ2v) is 12.2.